The molecular formula is C18H18BrClF2N2O5S. The Morgan fingerprint density at radius 3 is 2.53 bits per heavy atom. The molecule has 7 nitrogen and oxygen atoms in total. The molecule has 1 amide bonds. The van der Waals surface area contributed by atoms with Gasteiger partial charge in [-0.3, -0.25) is 4.79 Å². The zero-order valence-electron chi connectivity index (χ0n) is 15.8. The Kier molecular flexibility index (Phi) is 7.67. The number of sulfonamides is 1. The van der Waals surface area contributed by atoms with Gasteiger partial charge in [-0.2, -0.15) is 8.78 Å². The summed E-state index contributed by atoms with van der Waals surface area (Å²) in [5.74, 6) is -1.17. The second-order valence-electron chi connectivity index (χ2n) is 6.34. The van der Waals surface area contributed by atoms with Crippen LogP contribution < -0.4 is 19.9 Å². The number of hydrogen-bond acceptors (Lipinski definition) is 5. The predicted octanol–water partition coefficient (Wildman–Crippen LogP) is 3.94. The van der Waals surface area contributed by atoms with Crippen LogP contribution in [0.25, 0.3) is 0 Å². The first-order chi connectivity index (χ1) is 13.8. The third-order valence-corrected chi connectivity index (χ3v) is 5.89. The van der Waals surface area contributed by atoms with E-state index in [2.05, 4.69) is 25.4 Å². The summed E-state index contributed by atoms with van der Waals surface area (Å²) in [7, 11) is -4.24. The van der Waals surface area contributed by atoms with Gasteiger partial charge in [-0.1, -0.05) is 27.5 Å². The summed E-state index contributed by atoms with van der Waals surface area (Å²) in [5.41, 5.74) is 5.31. The highest BCUT2D eigenvalue weighted by molar-refractivity contribution is 9.10. The number of halogens is 4. The molecule has 0 radical (unpaired) electrons. The summed E-state index contributed by atoms with van der Waals surface area (Å²) < 4.78 is 64.6. The van der Waals surface area contributed by atoms with Gasteiger partial charge in [0.25, 0.3) is 5.91 Å². The highest BCUT2D eigenvalue weighted by Crippen LogP contribution is 2.31. The smallest absolute Gasteiger partial charge is 0.394 e. The fraction of sp³-hybridized carbons (Fsp3) is 0.278. The van der Waals surface area contributed by atoms with Crippen LogP contribution in [0.3, 0.4) is 0 Å². The van der Waals surface area contributed by atoms with Crippen LogP contribution in [0.4, 0.5) is 8.78 Å². The summed E-state index contributed by atoms with van der Waals surface area (Å²) in [4.78, 5) is 11.0. The van der Waals surface area contributed by atoms with Crippen LogP contribution in [-0.4, -0.2) is 33.1 Å². The van der Waals surface area contributed by atoms with Crippen molar-refractivity contribution in [3.8, 4) is 11.5 Å². The molecular weight excluding hydrogens is 510 g/mol. The lowest BCUT2D eigenvalue weighted by atomic mass is 10.2. The number of ether oxygens (including phenoxy) is 2. The van der Waals surface area contributed by atoms with E-state index in [9.17, 15) is 22.0 Å². The number of amides is 1. The van der Waals surface area contributed by atoms with Crippen LogP contribution in [-0.2, 0) is 10.0 Å². The Balaban J connectivity index is 2.18. The Labute approximate surface area is 185 Å². The van der Waals surface area contributed by atoms with Crippen molar-refractivity contribution in [2.45, 2.75) is 30.9 Å². The van der Waals surface area contributed by atoms with Crippen molar-refractivity contribution in [2.75, 3.05) is 6.61 Å². The molecule has 0 heterocycles. The van der Waals surface area contributed by atoms with Crippen molar-refractivity contribution < 1.29 is 31.5 Å². The van der Waals surface area contributed by atoms with Crippen molar-refractivity contribution >= 4 is 43.5 Å². The SMILES string of the molecule is C[C@@H](COc1ccc(Cl)cc1C(N)=O)NS(=O)(=O)c1ccc(Br)cc1OC(C)(F)F. The van der Waals surface area contributed by atoms with Gasteiger partial charge in [0.15, 0.2) is 0 Å². The molecule has 164 valence electrons. The molecule has 2 rings (SSSR count). The first-order valence-electron chi connectivity index (χ1n) is 8.39. The topological polar surface area (TPSA) is 108 Å². The van der Waals surface area contributed by atoms with E-state index < -0.39 is 38.7 Å². The first kappa shape index (κ1) is 24.3. The maximum absolute atomic E-state index is 13.3. The summed E-state index contributed by atoms with van der Waals surface area (Å²) >= 11 is 8.92. The van der Waals surface area contributed by atoms with Crippen molar-refractivity contribution in [1.82, 2.24) is 4.72 Å². The second-order valence-corrected chi connectivity index (χ2v) is 9.37. The molecule has 0 aromatic heterocycles. The molecule has 0 bridgehead atoms. The number of rotatable bonds is 9. The molecule has 30 heavy (non-hydrogen) atoms. The van der Waals surface area contributed by atoms with Crippen LogP contribution in [0.15, 0.2) is 45.8 Å². The van der Waals surface area contributed by atoms with Crippen molar-refractivity contribution in [3.63, 3.8) is 0 Å². The fourth-order valence-electron chi connectivity index (χ4n) is 2.37. The molecule has 3 N–H and O–H groups in total. The van der Waals surface area contributed by atoms with E-state index in [0.717, 1.165) is 12.1 Å². The lowest BCUT2D eigenvalue weighted by molar-refractivity contribution is -0.160. The van der Waals surface area contributed by atoms with E-state index in [1.807, 2.05) is 0 Å². The fourth-order valence-corrected chi connectivity index (χ4v) is 4.22. The van der Waals surface area contributed by atoms with Crippen LogP contribution in [0.1, 0.15) is 24.2 Å². The van der Waals surface area contributed by atoms with Gasteiger partial charge < -0.3 is 15.2 Å². The van der Waals surface area contributed by atoms with Crippen LogP contribution in [0, 0.1) is 0 Å². The number of carbonyl (C=O) groups excluding carboxylic acids is 1. The normalized spacial score (nSPS) is 13.0. The number of primary amides is 1. The minimum Gasteiger partial charge on any atom is -0.491 e. The van der Waals surface area contributed by atoms with Gasteiger partial charge >= 0.3 is 6.11 Å². The minimum atomic E-state index is -4.24. The zero-order chi connectivity index (χ0) is 22.7. The van der Waals surface area contributed by atoms with Gasteiger partial charge in [0.2, 0.25) is 10.0 Å². The van der Waals surface area contributed by atoms with E-state index in [0.29, 0.717) is 11.4 Å². The van der Waals surface area contributed by atoms with Gasteiger partial charge in [0.05, 0.1) is 11.6 Å². The summed E-state index contributed by atoms with van der Waals surface area (Å²) in [6.07, 6.45) is -3.58. The highest BCUT2D eigenvalue weighted by atomic mass is 79.9. The maximum atomic E-state index is 13.3. The largest absolute Gasteiger partial charge is 0.491 e. The third kappa shape index (κ3) is 6.79. The summed E-state index contributed by atoms with van der Waals surface area (Å²) in [5, 5.41) is 0.278. The molecule has 12 heteroatoms. The number of carbonyl (C=O) groups is 1. The zero-order valence-corrected chi connectivity index (χ0v) is 18.9. The van der Waals surface area contributed by atoms with Gasteiger partial charge in [-0.25, -0.2) is 13.1 Å². The molecule has 0 fully saturated rings. The van der Waals surface area contributed by atoms with E-state index in [1.165, 1.54) is 31.2 Å². The molecule has 2 aromatic carbocycles. The van der Waals surface area contributed by atoms with Crippen molar-refractivity contribution in [2.24, 2.45) is 5.73 Å². The van der Waals surface area contributed by atoms with Crippen LogP contribution in [0.2, 0.25) is 5.02 Å². The molecule has 2 aromatic rings. The third-order valence-electron chi connectivity index (χ3n) is 3.54. The number of nitrogens with one attached hydrogen (secondary N) is 1. The molecule has 0 saturated heterocycles. The van der Waals surface area contributed by atoms with Gasteiger partial charge in [-0.15, -0.1) is 0 Å². The van der Waals surface area contributed by atoms with Crippen molar-refractivity contribution in [3.05, 3.63) is 51.5 Å². The van der Waals surface area contributed by atoms with E-state index in [4.69, 9.17) is 22.1 Å². The Morgan fingerprint density at radius 1 is 1.27 bits per heavy atom. The average molecular weight is 528 g/mol. The van der Waals surface area contributed by atoms with E-state index in [1.54, 1.807) is 0 Å². The molecule has 0 unspecified atom stereocenters. The average Bonchev–Trinajstić information content (AvgIpc) is 2.58. The minimum absolute atomic E-state index is 0.0336. The van der Waals surface area contributed by atoms with Crippen LogP contribution in [0.5, 0.6) is 11.5 Å². The van der Waals surface area contributed by atoms with Crippen LogP contribution >= 0.6 is 27.5 Å². The number of nitrogens with two attached hydrogens (primary N) is 1. The van der Waals surface area contributed by atoms with Gasteiger partial charge in [0.1, 0.15) is 23.0 Å². The second kappa shape index (κ2) is 9.46. The standard InChI is InChI=1S/C18H18BrClF2N2O5S/c1-10(9-28-14-5-4-12(20)8-13(14)17(23)25)24-30(26,27)16-6-3-11(19)7-15(16)29-18(2,21)22/h3-8,10,24H,9H2,1-2H3,(H2,23,25)/t10-/m0/s1. The lowest BCUT2D eigenvalue weighted by Crippen LogP contribution is -2.37. The molecule has 0 aliphatic heterocycles. The highest BCUT2D eigenvalue weighted by Gasteiger charge is 2.29. The predicted molar refractivity (Wildman–Crippen MR) is 111 cm³/mol. The molecule has 0 saturated carbocycles. The number of benzene rings is 2. The molecule has 0 aliphatic carbocycles. The first-order valence-corrected chi connectivity index (χ1v) is 11.0. The molecule has 0 spiro atoms. The number of alkyl halides is 2. The Morgan fingerprint density at radius 2 is 1.93 bits per heavy atom. The summed E-state index contributed by atoms with van der Waals surface area (Å²) in [6, 6.07) is 7.06. The van der Waals surface area contributed by atoms with Gasteiger partial charge in [-0.05, 0) is 43.3 Å². The Hall–Kier alpha value is -1.95. The van der Waals surface area contributed by atoms with Crippen molar-refractivity contribution in [1.29, 1.82) is 0 Å². The summed E-state index contributed by atoms with van der Waals surface area (Å²) in [6.45, 7) is 1.81. The monoisotopic (exact) mass is 526 g/mol. The maximum Gasteiger partial charge on any atom is 0.394 e. The van der Waals surface area contributed by atoms with Gasteiger partial charge in [0, 0.05) is 16.4 Å². The lowest BCUT2D eigenvalue weighted by Gasteiger charge is -2.19. The molecule has 0 aliphatic rings. The Bertz CT molecular complexity index is 1050. The quantitative estimate of drug-likeness (QED) is 0.514. The number of hydrogen-bond donors (Lipinski definition) is 2. The van der Waals surface area contributed by atoms with E-state index in [-0.39, 0.29) is 22.9 Å². The van der Waals surface area contributed by atoms with E-state index >= 15 is 0 Å². The molecule has 1 atom stereocenters.